The average molecular weight is 310 g/mol. The van der Waals surface area contributed by atoms with Crippen molar-refractivity contribution in [2.24, 2.45) is 0 Å². The molecule has 23 heavy (non-hydrogen) atoms. The van der Waals surface area contributed by atoms with E-state index in [0.29, 0.717) is 6.54 Å². The first-order chi connectivity index (χ1) is 11.2. The number of aromatic nitrogens is 3. The number of nitrogens with zero attached hydrogens (tertiary/aromatic N) is 3. The molecule has 2 aromatic heterocycles. The zero-order valence-electron chi connectivity index (χ0n) is 13.6. The SMILES string of the molecule is CCN(CCn1cccn1)Cc1cc2cc(C)ccc2[nH]c1=O. The molecule has 0 spiro atoms. The Morgan fingerprint density at radius 3 is 2.91 bits per heavy atom. The summed E-state index contributed by atoms with van der Waals surface area (Å²) in [5.41, 5.74) is 2.90. The smallest absolute Gasteiger partial charge is 0.252 e. The van der Waals surface area contributed by atoms with Crippen LogP contribution in [-0.2, 0) is 13.1 Å². The lowest BCUT2D eigenvalue weighted by Crippen LogP contribution is -2.30. The highest BCUT2D eigenvalue weighted by Gasteiger charge is 2.09. The van der Waals surface area contributed by atoms with Crippen molar-refractivity contribution in [3.05, 3.63) is 64.2 Å². The van der Waals surface area contributed by atoms with E-state index in [1.807, 2.05) is 35.1 Å². The van der Waals surface area contributed by atoms with Crippen LogP contribution in [0.5, 0.6) is 0 Å². The number of likely N-dealkylation sites (N-methyl/N-ethyl adjacent to an activating group) is 1. The zero-order chi connectivity index (χ0) is 16.2. The molecule has 0 radical (unpaired) electrons. The van der Waals surface area contributed by atoms with Crippen molar-refractivity contribution in [1.82, 2.24) is 19.7 Å². The Morgan fingerprint density at radius 2 is 2.17 bits per heavy atom. The minimum atomic E-state index is -0.00103. The third-order valence-electron chi connectivity index (χ3n) is 4.12. The number of benzene rings is 1. The van der Waals surface area contributed by atoms with Gasteiger partial charge in [0.15, 0.2) is 0 Å². The second-order valence-electron chi connectivity index (χ2n) is 5.85. The lowest BCUT2D eigenvalue weighted by Gasteiger charge is -2.20. The van der Waals surface area contributed by atoms with Crippen molar-refractivity contribution in [2.45, 2.75) is 26.9 Å². The Hall–Kier alpha value is -2.40. The molecule has 1 aromatic carbocycles. The Labute approximate surface area is 135 Å². The fourth-order valence-electron chi connectivity index (χ4n) is 2.76. The molecule has 0 unspecified atom stereocenters. The van der Waals surface area contributed by atoms with Crippen LogP contribution in [-0.4, -0.2) is 32.8 Å². The van der Waals surface area contributed by atoms with Crippen molar-refractivity contribution >= 4 is 10.9 Å². The molecule has 0 aliphatic rings. The molecule has 5 heteroatoms. The predicted molar refractivity (Wildman–Crippen MR) is 92.5 cm³/mol. The first kappa shape index (κ1) is 15.5. The van der Waals surface area contributed by atoms with Gasteiger partial charge in [0.05, 0.1) is 6.54 Å². The number of pyridine rings is 1. The molecule has 0 saturated heterocycles. The van der Waals surface area contributed by atoms with E-state index < -0.39 is 0 Å². The summed E-state index contributed by atoms with van der Waals surface area (Å²) in [6, 6.07) is 10.0. The largest absolute Gasteiger partial charge is 0.322 e. The highest BCUT2D eigenvalue weighted by Crippen LogP contribution is 2.14. The molecule has 0 aliphatic carbocycles. The summed E-state index contributed by atoms with van der Waals surface area (Å²) >= 11 is 0. The minimum absolute atomic E-state index is 0.00103. The molecule has 0 bridgehead atoms. The number of hydrogen-bond donors (Lipinski definition) is 1. The van der Waals surface area contributed by atoms with E-state index >= 15 is 0 Å². The highest BCUT2D eigenvalue weighted by molar-refractivity contribution is 5.79. The van der Waals surface area contributed by atoms with Crippen LogP contribution in [0.25, 0.3) is 10.9 Å². The van der Waals surface area contributed by atoms with E-state index in [2.05, 4.69) is 34.9 Å². The molecular formula is C18H22N4O. The van der Waals surface area contributed by atoms with E-state index in [-0.39, 0.29) is 5.56 Å². The van der Waals surface area contributed by atoms with Gasteiger partial charge in [0.25, 0.3) is 5.56 Å². The quantitative estimate of drug-likeness (QED) is 0.761. The maximum Gasteiger partial charge on any atom is 0.252 e. The number of H-pyrrole nitrogens is 1. The standard InChI is InChI=1S/C18H22N4O/c1-3-21(9-10-22-8-4-7-19-22)13-16-12-15-11-14(2)5-6-17(15)20-18(16)23/h4-8,11-12H,3,9-10,13H2,1-2H3,(H,20,23). The average Bonchev–Trinajstić information content (AvgIpc) is 3.05. The van der Waals surface area contributed by atoms with Crippen LogP contribution in [0.2, 0.25) is 0 Å². The fourth-order valence-corrected chi connectivity index (χ4v) is 2.76. The summed E-state index contributed by atoms with van der Waals surface area (Å²) in [6.07, 6.45) is 3.74. The van der Waals surface area contributed by atoms with Crippen LogP contribution < -0.4 is 5.56 Å². The maximum atomic E-state index is 12.3. The highest BCUT2D eigenvalue weighted by atomic mass is 16.1. The van der Waals surface area contributed by atoms with Crippen molar-refractivity contribution in [2.75, 3.05) is 13.1 Å². The molecule has 120 valence electrons. The molecule has 3 rings (SSSR count). The van der Waals surface area contributed by atoms with Crippen LogP contribution in [0.3, 0.4) is 0 Å². The Kier molecular flexibility index (Phi) is 4.57. The number of nitrogens with one attached hydrogen (secondary N) is 1. The monoisotopic (exact) mass is 310 g/mol. The van der Waals surface area contributed by atoms with E-state index in [4.69, 9.17) is 0 Å². The molecule has 0 fully saturated rings. The normalized spacial score (nSPS) is 11.4. The summed E-state index contributed by atoms with van der Waals surface area (Å²) in [6.45, 7) is 7.41. The van der Waals surface area contributed by atoms with Gasteiger partial charge in [-0.3, -0.25) is 14.4 Å². The van der Waals surface area contributed by atoms with Gasteiger partial charge in [-0.25, -0.2) is 0 Å². The van der Waals surface area contributed by atoms with Gasteiger partial charge in [0.1, 0.15) is 0 Å². The second kappa shape index (κ2) is 6.79. The Morgan fingerprint density at radius 1 is 1.30 bits per heavy atom. The van der Waals surface area contributed by atoms with E-state index in [0.717, 1.165) is 36.1 Å². The molecule has 0 saturated carbocycles. The minimum Gasteiger partial charge on any atom is -0.322 e. The second-order valence-corrected chi connectivity index (χ2v) is 5.85. The van der Waals surface area contributed by atoms with Gasteiger partial charge in [0, 0.05) is 36.6 Å². The van der Waals surface area contributed by atoms with Gasteiger partial charge in [-0.15, -0.1) is 0 Å². The Bertz CT molecular complexity index is 836. The van der Waals surface area contributed by atoms with Crippen LogP contribution >= 0.6 is 0 Å². The number of rotatable bonds is 6. The van der Waals surface area contributed by atoms with Crippen LogP contribution in [0.15, 0.2) is 47.5 Å². The Balaban J connectivity index is 1.78. The van der Waals surface area contributed by atoms with Crippen molar-refractivity contribution in [1.29, 1.82) is 0 Å². The molecule has 0 amide bonds. The molecule has 1 N–H and O–H groups in total. The summed E-state index contributed by atoms with van der Waals surface area (Å²) in [5.74, 6) is 0. The number of aromatic amines is 1. The topological polar surface area (TPSA) is 53.9 Å². The predicted octanol–water partition coefficient (Wildman–Crippen LogP) is 2.56. The van der Waals surface area contributed by atoms with E-state index in [1.165, 1.54) is 5.56 Å². The van der Waals surface area contributed by atoms with Gasteiger partial charge in [-0.2, -0.15) is 5.10 Å². The summed E-state index contributed by atoms with van der Waals surface area (Å²) in [7, 11) is 0. The lowest BCUT2D eigenvalue weighted by molar-refractivity contribution is 0.262. The molecular weight excluding hydrogens is 288 g/mol. The molecule has 0 aliphatic heterocycles. The third kappa shape index (κ3) is 3.68. The van der Waals surface area contributed by atoms with Gasteiger partial charge < -0.3 is 4.98 Å². The lowest BCUT2D eigenvalue weighted by atomic mass is 10.1. The van der Waals surface area contributed by atoms with Gasteiger partial charge in [-0.05, 0) is 43.1 Å². The van der Waals surface area contributed by atoms with Gasteiger partial charge in [-0.1, -0.05) is 18.6 Å². The van der Waals surface area contributed by atoms with Crippen LogP contribution in [0.1, 0.15) is 18.1 Å². The zero-order valence-corrected chi connectivity index (χ0v) is 13.6. The summed E-state index contributed by atoms with van der Waals surface area (Å²) < 4.78 is 1.91. The van der Waals surface area contributed by atoms with Crippen LogP contribution in [0.4, 0.5) is 0 Å². The number of hydrogen-bond acceptors (Lipinski definition) is 3. The third-order valence-corrected chi connectivity index (χ3v) is 4.12. The first-order valence-electron chi connectivity index (χ1n) is 7.98. The van der Waals surface area contributed by atoms with Gasteiger partial charge in [0.2, 0.25) is 0 Å². The van der Waals surface area contributed by atoms with E-state index in [9.17, 15) is 4.79 Å². The van der Waals surface area contributed by atoms with Crippen molar-refractivity contribution < 1.29 is 0 Å². The molecule has 2 heterocycles. The number of fused-ring (bicyclic) bond motifs is 1. The van der Waals surface area contributed by atoms with E-state index in [1.54, 1.807) is 6.20 Å². The van der Waals surface area contributed by atoms with Gasteiger partial charge >= 0.3 is 0 Å². The molecule has 5 nitrogen and oxygen atoms in total. The van der Waals surface area contributed by atoms with Crippen LogP contribution in [0, 0.1) is 6.92 Å². The molecule has 0 atom stereocenters. The maximum absolute atomic E-state index is 12.3. The molecule has 3 aromatic rings. The summed E-state index contributed by atoms with van der Waals surface area (Å²) in [4.78, 5) is 17.5. The fraction of sp³-hybridized carbons (Fsp3) is 0.333. The summed E-state index contributed by atoms with van der Waals surface area (Å²) in [5, 5.41) is 5.31. The van der Waals surface area contributed by atoms with Crippen molar-refractivity contribution in [3.8, 4) is 0 Å². The number of aryl methyl sites for hydroxylation is 1. The van der Waals surface area contributed by atoms with Crippen molar-refractivity contribution in [3.63, 3.8) is 0 Å². The first-order valence-corrected chi connectivity index (χ1v) is 7.98.